The number of rotatable bonds is 8. The molecule has 0 aliphatic rings. The van der Waals surface area contributed by atoms with Crippen LogP contribution >= 0.6 is 0 Å². The molecule has 1 atom stereocenters. The molecule has 9 nitrogen and oxygen atoms in total. The van der Waals surface area contributed by atoms with Crippen molar-refractivity contribution in [2.24, 2.45) is 0 Å². The zero-order chi connectivity index (χ0) is 21.6. The number of anilines is 1. The van der Waals surface area contributed by atoms with Crippen molar-refractivity contribution >= 4 is 23.3 Å². The first-order valence-corrected chi connectivity index (χ1v) is 8.71. The molecule has 29 heavy (non-hydrogen) atoms. The summed E-state index contributed by atoms with van der Waals surface area (Å²) in [4.78, 5) is 35.1. The zero-order valence-electron chi connectivity index (χ0n) is 16.6. The number of nitrogens with zero attached hydrogens (tertiary/aromatic N) is 1. The van der Waals surface area contributed by atoms with Crippen LogP contribution in [0, 0.1) is 17.0 Å². The fraction of sp³-hybridized carbons (Fsp3) is 0.300. The zero-order valence-corrected chi connectivity index (χ0v) is 16.6. The lowest BCUT2D eigenvalue weighted by molar-refractivity contribution is -0.384. The Bertz CT molecular complexity index is 927. The van der Waals surface area contributed by atoms with E-state index in [-0.39, 0.29) is 23.5 Å². The molecule has 1 amide bonds. The van der Waals surface area contributed by atoms with Crippen LogP contribution < -0.4 is 14.8 Å². The molecular weight excluding hydrogens is 380 g/mol. The van der Waals surface area contributed by atoms with Gasteiger partial charge in [0.15, 0.2) is 6.10 Å². The number of benzene rings is 2. The summed E-state index contributed by atoms with van der Waals surface area (Å²) in [5.41, 5.74) is 1.23. The van der Waals surface area contributed by atoms with Crippen LogP contribution in [0.15, 0.2) is 36.4 Å². The van der Waals surface area contributed by atoms with E-state index in [9.17, 15) is 19.7 Å². The van der Waals surface area contributed by atoms with E-state index in [0.717, 1.165) is 5.56 Å². The number of nitrogens with one attached hydrogen (secondary N) is 1. The molecule has 0 saturated carbocycles. The van der Waals surface area contributed by atoms with Gasteiger partial charge in [-0.3, -0.25) is 19.7 Å². The van der Waals surface area contributed by atoms with Gasteiger partial charge in [0, 0.05) is 5.56 Å². The van der Waals surface area contributed by atoms with Crippen LogP contribution in [0.1, 0.15) is 18.1 Å². The summed E-state index contributed by atoms with van der Waals surface area (Å²) in [5.74, 6) is -0.497. The number of hydrogen-bond donors (Lipinski definition) is 1. The Morgan fingerprint density at radius 1 is 1.14 bits per heavy atom. The molecular formula is C20H22N2O7. The second kappa shape index (κ2) is 9.54. The van der Waals surface area contributed by atoms with Gasteiger partial charge in [-0.05, 0) is 32.0 Å². The minimum Gasteiger partial charge on any atom is -0.496 e. The Kier molecular flexibility index (Phi) is 7.13. The number of ether oxygens (including phenoxy) is 3. The molecule has 2 aromatic rings. The summed E-state index contributed by atoms with van der Waals surface area (Å²) >= 11 is 0. The minimum atomic E-state index is -1.15. The second-order valence-corrected chi connectivity index (χ2v) is 6.25. The lowest BCUT2D eigenvalue weighted by atomic mass is 10.1. The largest absolute Gasteiger partial charge is 0.496 e. The summed E-state index contributed by atoms with van der Waals surface area (Å²) in [6, 6.07) is 9.41. The Hall–Kier alpha value is -3.62. The smallest absolute Gasteiger partial charge is 0.311 e. The normalized spacial score (nSPS) is 11.3. The quantitative estimate of drug-likeness (QED) is 0.410. The first kappa shape index (κ1) is 21.7. The van der Waals surface area contributed by atoms with Gasteiger partial charge in [0.2, 0.25) is 0 Å². The molecule has 0 aromatic heterocycles. The van der Waals surface area contributed by atoms with Crippen molar-refractivity contribution in [2.75, 3.05) is 19.5 Å². The topological polar surface area (TPSA) is 117 Å². The van der Waals surface area contributed by atoms with Gasteiger partial charge in [0.25, 0.3) is 11.6 Å². The lowest BCUT2D eigenvalue weighted by Gasteiger charge is -2.15. The van der Waals surface area contributed by atoms with Crippen LogP contribution in [-0.2, 0) is 20.7 Å². The number of esters is 1. The van der Waals surface area contributed by atoms with Crippen molar-refractivity contribution in [3.63, 3.8) is 0 Å². The lowest BCUT2D eigenvalue weighted by Crippen LogP contribution is -2.30. The van der Waals surface area contributed by atoms with Crippen molar-refractivity contribution in [1.29, 1.82) is 0 Å². The number of methoxy groups -OCH3 is 2. The van der Waals surface area contributed by atoms with Crippen LogP contribution in [0.25, 0.3) is 0 Å². The van der Waals surface area contributed by atoms with E-state index in [1.165, 1.54) is 39.3 Å². The third-order valence-electron chi connectivity index (χ3n) is 4.11. The molecule has 2 aromatic carbocycles. The van der Waals surface area contributed by atoms with Gasteiger partial charge in [-0.1, -0.05) is 17.7 Å². The molecule has 0 bridgehead atoms. The molecule has 0 heterocycles. The van der Waals surface area contributed by atoms with Gasteiger partial charge in [-0.25, -0.2) is 0 Å². The maximum atomic E-state index is 12.3. The van der Waals surface area contributed by atoms with Gasteiger partial charge < -0.3 is 19.5 Å². The maximum absolute atomic E-state index is 12.3. The standard InChI is InChI=1S/C20H22N2O7/c1-12-5-8-18(28-4)14(9-12)10-19(23)29-13(2)20(24)21-16-7-6-15(27-3)11-17(16)22(25)26/h5-9,11,13H,10H2,1-4H3,(H,21,24). The van der Waals surface area contributed by atoms with Crippen LogP contribution in [-0.4, -0.2) is 37.1 Å². The van der Waals surface area contributed by atoms with Crippen molar-refractivity contribution in [3.05, 3.63) is 57.6 Å². The molecule has 0 saturated heterocycles. The second-order valence-electron chi connectivity index (χ2n) is 6.25. The van der Waals surface area contributed by atoms with Gasteiger partial charge >= 0.3 is 5.97 Å². The average molecular weight is 402 g/mol. The number of amides is 1. The first-order chi connectivity index (χ1) is 13.7. The predicted molar refractivity (Wildman–Crippen MR) is 105 cm³/mol. The monoisotopic (exact) mass is 402 g/mol. The highest BCUT2D eigenvalue weighted by Gasteiger charge is 2.23. The molecule has 0 spiro atoms. The van der Waals surface area contributed by atoms with Crippen LogP contribution in [0.2, 0.25) is 0 Å². The number of aryl methyl sites for hydroxylation is 1. The minimum absolute atomic E-state index is 0.0240. The Morgan fingerprint density at radius 2 is 1.86 bits per heavy atom. The van der Waals surface area contributed by atoms with E-state index in [2.05, 4.69) is 5.32 Å². The maximum Gasteiger partial charge on any atom is 0.311 e. The van der Waals surface area contributed by atoms with E-state index in [0.29, 0.717) is 11.3 Å². The van der Waals surface area contributed by atoms with Crippen molar-refractivity contribution < 1.29 is 28.7 Å². The van der Waals surface area contributed by atoms with Crippen molar-refractivity contribution in [2.45, 2.75) is 26.4 Å². The fourth-order valence-electron chi connectivity index (χ4n) is 2.62. The van der Waals surface area contributed by atoms with E-state index < -0.39 is 22.9 Å². The third-order valence-corrected chi connectivity index (χ3v) is 4.11. The van der Waals surface area contributed by atoms with Crippen LogP contribution in [0.3, 0.4) is 0 Å². The van der Waals surface area contributed by atoms with E-state index in [4.69, 9.17) is 14.2 Å². The molecule has 9 heteroatoms. The van der Waals surface area contributed by atoms with Crippen molar-refractivity contribution in [3.8, 4) is 11.5 Å². The molecule has 0 fully saturated rings. The van der Waals surface area contributed by atoms with Gasteiger partial charge in [0.05, 0.1) is 31.6 Å². The summed E-state index contributed by atoms with van der Waals surface area (Å²) < 4.78 is 15.3. The average Bonchev–Trinajstić information content (AvgIpc) is 2.68. The predicted octanol–water partition coefficient (Wildman–Crippen LogP) is 3.03. The SMILES string of the molecule is COc1ccc(NC(=O)C(C)OC(=O)Cc2cc(C)ccc2OC)c([N+](=O)[O-])c1. The van der Waals surface area contributed by atoms with Gasteiger partial charge in [-0.15, -0.1) is 0 Å². The Morgan fingerprint density at radius 3 is 2.48 bits per heavy atom. The molecule has 1 unspecified atom stereocenters. The van der Waals surface area contributed by atoms with Crippen LogP contribution in [0.4, 0.5) is 11.4 Å². The van der Waals surface area contributed by atoms with Crippen molar-refractivity contribution in [1.82, 2.24) is 0 Å². The van der Waals surface area contributed by atoms with E-state index in [1.54, 1.807) is 12.1 Å². The molecule has 0 aliphatic carbocycles. The summed E-state index contributed by atoms with van der Waals surface area (Å²) in [7, 11) is 2.87. The Balaban J connectivity index is 2.05. The Labute approximate surface area is 167 Å². The molecule has 0 radical (unpaired) electrons. The molecule has 154 valence electrons. The van der Waals surface area contributed by atoms with E-state index in [1.807, 2.05) is 13.0 Å². The summed E-state index contributed by atoms with van der Waals surface area (Å²) in [5, 5.41) is 13.6. The van der Waals surface area contributed by atoms with Gasteiger partial charge in [0.1, 0.15) is 17.2 Å². The number of nitro groups is 1. The summed E-state index contributed by atoms with van der Waals surface area (Å²) in [6.07, 6.45) is -1.23. The van der Waals surface area contributed by atoms with E-state index >= 15 is 0 Å². The molecule has 0 aliphatic heterocycles. The number of nitro benzene ring substituents is 1. The first-order valence-electron chi connectivity index (χ1n) is 8.71. The highest BCUT2D eigenvalue weighted by atomic mass is 16.6. The number of carbonyl (C=O) groups is 2. The highest BCUT2D eigenvalue weighted by molar-refractivity contribution is 5.97. The number of hydrogen-bond acceptors (Lipinski definition) is 7. The molecule has 2 rings (SSSR count). The summed E-state index contributed by atoms with van der Waals surface area (Å²) in [6.45, 7) is 3.27. The fourth-order valence-corrected chi connectivity index (χ4v) is 2.62. The highest BCUT2D eigenvalue weighted by Crippen LogP contribution is 2.29. The third kappa shape index (κ3) is 5.68. The molecule has 1 N–H and O–H groups in total. The number of carbonyl (C=O) groups excluding carboxylic acids is 2. The van der Waals surface area contributed by atoms with Gasteiger partial charge in [-0.2, -0.15) is 0 Å². The van der Waals surface area contributed by atoms with Crippen LogP contribution in [0.5, 0.6) is 11.5 Å².